The Balaban J connectivity index is 2.22. The first kappa shape index (κ1) is 13.6. The van der Waals surface area contributed by atoms with Crippen LogP contribution in [0.25, 0.3) is 0 Å². The van der Waals surface area contributed by atoms with Crippen molar-refractivity contribution in [2.24, 2.45) is 5.92 Å². The monoisotopic (exact) mass is 236 g/mol. The van der Waals surface area contributed by atoms with Gasteiger partial charge in [-0.05, 0) is 24.5 Å². The van der Waals surface area contributed by atoms with Crippen molar-refractivity contribution in [1.82, 2.24) is 10.3 Å². The largest absolute Gasteiger partial charge is 0.391 e. The lowest BCUT2D eigenvalue weighted by molar-refractivity contribution is -0.121. The fourth-order valence-corrected chi connectivity index (χ4v) is 1.33. The first-order valence-corrected chi connectivity index (χ1v) is 5.94. The van der Waals surface area contributed by atoms with E-state index in [0.717, 1.165) is 5.69 Å². The van der Waals surface area contributed by atoms with Gasteiger partial charge in [-0.25, -0.2) is 0 Å². The van der Waals surface area contributed by atoms with E-state index in [0.29, 0.717) is 19.4 Å². The van der Waals surface area contributed by atoms with Gasteiger partial charge in [0.15, 0.2) is 0 Å². The van der Waals surface area contributed by atoms with Crippen LogP contribution in [-0.2, 0) is 11.2 Å². The lowest BCUT2D eigenvalue weighted by Crippen LogP contribution is -2.34. The number of pyridine rings is 1. The van der Waals surface area contributed by atoms with E-state index >= 15 is 0 Å². The number of aliphatic hydroxyl groups excluding tert-OH is 1. The second-order valence-corrected chi connectivity index (χ2v) is 4.44. The number of aromatic nitrogens is 1. The van der Waals surface area contributed by atoms with Gasteiger partial charge in [-0.1, -0.05) is 19.9 Å². The molecule has 0 aliphatic rings. The van der Waals surface area contributed by atoms with Crippen LogP contribution in [0.15, 0.2) is 24.4 Å². The zero-order chi connectivity index (χ0) is 12.7. The highest BCUT2D eigenvalue weighted by molar-refractivity contribution is 5.76. The van der Waals surface area contributed by atoms with Gasteiger partial charge in [-0.3, -0.25) is 9.78 Å². The first-order chi connectivity index (χ1) is 8.09. The summed E-state index contributed by atoms with van der Waals surface area (Å²) in [6, 6.07) is 5.65. The number of aliphatic hydroxyl groups is 1. The Morgan fingerprint density at radius 1 is 1.47 bits per heavy atom. The molecule has 1 aromatic heterocycles. The van der Waals surface area contributed by atoms with Gasteiger partial charge in [0.1, 0.15) is 0 Å². The number of hydrogen-bond donors (Lipinski definition) is 2. The van der Waals surface area contributed by atoms with Crippen LogP contribution >= 0.6 is 0 Å². The fraction of sp³-hybridized carbons (Fsp3) is 0.538. The second-order valence-electron chi connectivity index (χ2n) is 4.44. The average Bonchev–Trinajstić information content (AvgIpc) is 2.34. The first-order valence-electron chi connectivity index (χ1n) is 5.94. The molecule has 1 heterocycles. The Labute approximate surface area is 102 Å². The molecule has 4 heteroatoms. The zero-order valence-electron chi connectivity index (χ0n) is 10.4. The highest BCUT2D eigenvalue weighted by atomic mass is 16.3. The molecule has 1 rings (SSSR count). The van der Waals surface area contributed by atoms with Crippen molar-refractivity contribution < 1.29 is 9.90 Å². The van der Waals surface area contributed by atoms with Crippen molar-refractivity contribution in [3.05, 3.63) is 30.1 Å². The maximum Gasteiger partial charge on any atom is 0.220 e. The molecule has 0 aliphatic heterocycles. The molecule has 17 heavy (non-hydrogen) atoms. The molecular weight excluding hydrogens is 216 g/mol. The van der Waals surface area contributed by atoms with Crippen LogP contribution in [0.3, 0.4) is 0 Å². The summed E-state index contributed by atoms with van der Waals surface area (Å²) in [7, 11) is 0. The average molecular weight is 236 g/mol. The number of amides is 1. The van der Waals surface area contributed by atoms with E-state index < -0.39 is 6.10 Å². The Hall–Kier alpha value is -1.42. The van der Waals surface area contributed by atoms with Gasteiger partial charge in [0, 0.05) is 24.9 Å². The fourth-order valence-electron chi connectivity index (χ4n) is 1.33. The maximum atomic E-state index is 11.5. The molecule has 0 aromatic carbocycles. The summed E-state index contributed by atoms with van der Waals surface area (Å²) in [5.74, 6) is 0.112. The molecule has 0 saturated carbocycles. The number of carbonyl (C=O) groups is 1. The van der Waals surface area contributed by atoms with Crippen molar-refractivity contribution in [1.29, 1.82) is 0 Å². The van der Waals surface area contributed by atoms with Crippen LogP contribution in [0.2, 0.25) is 0 Å². The van der Waals surface area contributed by atoms with E-state index in [1.54, 1.807) is 6.20 Å². The minimum Gasteiger partial charge on any atom is -0.391 e. The Morgan fingerprint density at radius 3 is 2.82 bits per heavy atom. The molecule has 0 spiro atoms. The van der Waals surface area contributed by atoms with Gasteiger partial charge < -0.3 is 10.4 Å². The number of aryl methyl sites for hydroxylation is 1. The maximum absolute atomic E-state index is 11.5. The highest BCUT2D eigenvalue weighted by Crippen LogP contribution is 2.00. The van der Waals surface area contributed by atoms with Gasteiger partial charge in [-0.2, -0.15) is 0 Å². The standard InChI is InChI=1S/C13H20N2O2/c1-10(2)12(16)9-15-13(17)7-6-11-5-3-4-8-14-11/h3-5,8,10,12,16H,6-7,9H2,1-2H3,(H,15,17). The summed E-state index contributed by atoms with van der Waals surface area (Å²) in [5.41, 5.74) is 0.909. The minimum atomic E-state index is -0.478. The van der Waals surface area contributed by atoms with E-state index in [-0.39, 0.29) is 11.8 Å². The van der Waals surface area contributed by atoms with Crippen molar-refractivity contribution in [2.45, 2.75) is 32.8 Å². The Morgan fingerprint density at radius 2 is 2.24 bits per heavy atom. The van der Waals surface area contributed by atoms with Crippen molar-refractivity contribution in [2.75, 3.05) is 6.54 Å². The second kappa shape index (κ2) is 7.01. The summed E-state index contributed by atoms with van der Waals surface area (Å²) >= 11 is 0. The summed E-state index contributed by atoms with van der Waals surface area (Å²) in [6.45, 7) is 4.16. The van der Waals surface area contributed by atoms with Crippen LogP contribution in [0.5, 0.6) is 0 Å². The van der Waals surface area contributed by atoms with Gasteiger partial charge in [0.25, 0.3) is 0 Å². The summed E-state index contributed by atoms with van der Waals surface area (Å²) in [6.07, 6.45) is 2.27. The topological polar surface area (TPSA) is 62.2 Å². The minimum absolute atomic E-state index is 0.0460. The third kappa shape index (κ3) is 5.45. The quantitative estimate of drug-likeness (QED) is 0.778. The van der Waals surface area contributed by atoms with E-state index in [9.17, 15) is 9.90 Å². The zero-order valence-corrected chi connectivity index (χ0v) is 10.4. The van der Waals surface area contributed by atoms with E-state index in [1.807, 2.05) is 32.0 Å². The van der Waals surface area contributed by atoms with E-state index in [2.05, 4.69) is 10.3 Å². The number of nitrogens with one attached hydrogen (secondary N) is 1. The van der Waals surface area contributed by atoms with Crippen LogP contribution in [-0.4, -0.2) is 28.6 Å². The molecule has 0 aliphatic carbocycles. The van der Waals surface area contributed by atoms with Crippen LogP contribution in [0.4, 0.5) is 0 Å². The van der Waals surface area contributed by atoms with Gasteiger partial charge in [0.05, 0.1) is 6.10 Å². The SMILES string of the molecule is CC(C)C(O)CNC(=O)CCc1ccccn1. The van der Waals surface area contributed by atoms with E-state index in [1.165, 1.54) is 0 Å². The molecule has 1 unspecified atom stereocenters. The van der Waals surface area contributed by atoms with E-state index in [4.69, 9.17) is 0 Å². The molecule has 2 N–H and O–H groups in total. The molecule has 1 amide bonds. The smallest absolute Gasteiger partial charge is 0.220 e. The Bertz CT molecular complexity index is 339. The third-order valence-corrected chi connectivity index (χ3v) is 2.61. The predicted molar refractivity (Wildman–Crippen MR) is 66.4 cm³/mol. The summed E-state index contributed by atoms with van der Waals surface area (Å²) < 4.78 is 0. The number of hydrogen-bond acceptors (Lipinski definition) is 3. The van der Waals surface area contributed by atoms with Crippen molar-refractivity contribution in [3.63, 3.8) is 0 Å². The van der Waals surface area contributed by atoms with Crippen LogP contribution < -0.4 is 5.32 Å². The van der Waals surface area contributed by atoms with Gasteiger partial charge in [-0.15, -0.1) is 0 Å². The predicted octanol–water partition coefficient (Wildman–Crippen LogP) is 1.15. The van der Waals surface area contributed by atoms with Gasteiger partial charge >= 0.3 is 0 Å². The molecule has 0 radical (unpaired) electrons. The summed E-state index contributed by atoms with van der Waals surface area (Å²) in [5, 5.41) is 12.3. The van der Waals surface area contributed by atoms with Gasteiger partial charge in [0.2, 0.25) is 5.91 Å². The van der Waals surface area contributed by atoms with Crippen molar-refractivity contribution in [3.8, 4) is 0 Å². The Kier molecular flexibility index (Phi) is 5.63. The molecule has 1 aromatic rings. The van der Waals surface area contributed by atoms with Crippen molar-refractivity contribution >= 4 is 5.91 Å². The molecule has 0 bridgehead atoms. The van der Waals surface area contributed by atoms with Crippen LogP contribution in [0.1, 0.15) is 26.0 Å². The lowest BCUT2D eigenvalue weighted by Gasteiger charge is -2.14. The molecule has 0 fully saturated rings. The summed E-state index contributed by atoms with van der Waals surface area (Å²) in [4.78, 5) is 15.6. The molecular formula is C13H20N2O2. The number of nitrogens with zero attached hydrogens (tertiary/aromatic N) is 1. The number of carbonyl (C=O) groups excluding carboxylic acids is 1. The highest BCUT2D eigenvalue weighted by Gasteiger charge is 2.10. The molecule has 94 valence electrons. The molecule has 0 saturated heterocycles. The third-order valence-electron chi connectivity index (χ3n) is 2.61. The lowest BCUT2D eigenvalue weighted by atomic mass is 10.1. The molecule has 4 nitrogen and oxygen atoms in total. The normalized spacial score (nSPS) is 12.5. The molecule has 1 atom stereocenters. The number of rotatable bonds is 6. The van der Waals surface area contributed by atoms with Crippen LogP contribution in [0, 0.1) is 5.92 Å².